The van der Waals surface area contributed by atoms with Crippen molar-refractivity contribution in [3.63, 3.8) is 0 Å². The molecule has 1 aliphatic rings. The average molecular weight is 402 g/mol. The maximum atomic E-state index is 11.5. The second kappa shape index (κ2) is 6.79. The molecule has 0 fully saturated rings. The molecule has 27 heavy (non-hydrogen) atoms. The summed E-state index contributed by atoms with van der Waals surface area (Å²) in [5.41, 5.74) is 2.81. The zero-order valence-electron chi connectivity index (χ0n) is 14.4. The number of hydrogen-bond acceptors (Lipinski definition) is 5. The van der Waals surface area contributed by atoms with E-state index in [1.165, 1.54) is 0 Å². The molecule has 0 radical (unpaired) electrons. The minimum absolute atomic E-state index is 0.00883. The van der Waals surface area contributed by atoms with Gasteiger partial charge < -0.3 is 0 Å². The number of nitrogens with zero attached hydrogens (tertiary/aromatic N) is 4. The summed E-state index contributed by atoms with van der Waals surface area (Å²) in [6.07, 6.45) is 1.66. The lowest BCUT2D eigenvalue weighted by atomic mass is 9.96. The van der Waals surface area contributed by atoms with Gasteiger partial charge in [0.05, 0.1) is 18.0 Å². The van der Waals surface area contributed by atoms with E-state index < -0.39 is 10.0 Å². The number of sulfonamides is 1. The molecule has 0 saturated carbocycles. The second-order valence-electron chi connectivity index (χ2n) is 6.25. The monoisotopic (exact) mass is 401 g/mol. The van der Waals surface area contributed by atoms with Gasteiger partial charge in [0.15, 0.2) is 0 Å². The quantitative estimate of drug-likeness (QED) is 0.725. The van der Waals surface area contributed by atoms with Crippen LogP contribution in [-0.2, 0) is 10.0 Å². The van der Waals surface area contributed by atoms with Gasteiger partial charge in [-0.25, -0.2) is 18.1 Å². The minimum atomic E-state index is -3.48. The fourth-order valence-corrected chi connectivity index (χ4v) is 3.55. The van der Waals surface area contributed by atoms with Gasteiger partial charge in [-0.2, -0.15) is 4.98 Å². The zero-order valence-corrected chi connectivity index (χ0v) is 15.9. The van der Waals surface area contributed by atoms with E-state index in [1.807, 2.05) is 54.6 Å². The molecule has 9 heteroatoms. The molecule has 0 amide bonds. The number of benzene rings is 2. The third-order valence-electron chi connectivity index (χ3n) is 4.17. The minimum Gasteiger partial charge on any atom is -0.250 e. The number of halogens is 1. The first-order chi connectivity index (χ1) is 12.9. The second-order valence-corrected chi connectivity index (χ2v) is 8.44. The van der Waals surface area contributed by atoms with Crippen molar-refractivity contribution in [3.8, 4) is 0 Å². The van der Waals surface area contributed by atoms with Crippen LogP contribution in [0.1, 0.15) is 23.6 Å². The van der Waals surface area contributed by atoms with Gasteiger partial charge in [0, 0.05) is 11.4 Å². The van der Waals surface area contributed by atoms with Gasteiger partial charge in [0.2, 0.25) is 10.0 Å². The largest absolute Gasteiger partial charge is 0.257 e. The van der Waals surface area contributed by atoms with Crippen molar-refractivity contribution in [2.24, 2.45) is 4.99 Å². The highest BCUT2D eigenvalue weighted by molar-refractivity contribution is 7.91. The Hall–Kier alpha value is -2.71. The van der Waals surface area contributed by atoms with Crippen molar-refractivity contribution in [2.45, 2.75) is 12.5 Å². The third kappa shape index (κ3) is 3.86. The molecule has 0 aliphatic carbocycles. The molecular weight excluding hydrogens is 386 g/mol. The summed E-state index contributed by atoms with van der Waals surface area (Å²) in [6, 6.07) is 17.2. The SMILES string of the molecule is CS(=O)(=O)Nc1nc2n(n1)C(c1ccccc1)CC(c1ccc(Cl)cc1)=N2. The molecule has 1 atom stereocenters. The highest BCUT2D eigenvalue weighted by Gasteiger charge is 2.28. The summed E-state index contributed by atoms with van der Waals surface area (Å²) in [7, 11) is -3.48. The highest BCUT2D eigenvalue weighted by Crippen LogP contribution is 2.33. The first-order valence-electron chi connectivity index (χ1n) is 8.22. The van der Waals surface area contributed by atoms with Gasteiger partial charge >= 0.3 is 0 Å². The molecule has 2 aromatic carbocycles. The Morgan fingerprint density at radius 2 is 1.81 bits per heavy atom. The van der Waals surface area contributed by atoms with E-state index in [9.17, 15) is 8.42 Å². The number of anilines is 1. The molecule has 1 aromatic heterocycles. The molecule has 2 heterocycles. The molecule has 1 aliphatic heterocycles. The van der Waals surface area contributed by atoms with E-state index in [0.717, 1.165) is 23.1 Å². The van der Waals surface area contributed by atoms with Crippen LogP contribution >= 0.6 is 11.6 Å². The van der Waals surface area contributed by atoms with Crippen LogP contribution in [0.15, 0.2) is 59.6 Å². The van der Waals surface area contributed by atoms with Crippen LogP contribution in [0.4, 0.5) is 11.9 Å². The molecule has 138 valence electrons. The lowest BCUT2D eigenvalue weighted by Gasteiger charge is -2.23. The van der Waals surface area contributed by atoms with Crippen LogP contribution in [0.3, 0.4) is 0 Å². The van der Waals surface area contributed by atoms with Gasteiger partial charge in [-0.15, -0.1) is 5.10 Å². The van der Waals surface area contributed by atoms with E-state index in [2.05, 4.69) is 19.8 Å². The Balaban J connectivity index is 1.81. The molecule has 4 rings (SSSR count). The Morgan fingerprint density at radius 1 is 1.11 bits per heavy atom. The standard InChI is InChI=1S/C18H16ClN5O2S/c1-27(25,26)23-17-21-18-20-15(12-7-9-14(19)10-8-12)11-16(24(18)22-17)13-5-3-2-4-6-13/h2-10,16H,11H2,1H3,(H,22,23). The van der Waals surface area contributed by atoms with Gasteiger partial charge in [0.25, 0.3) is 11.9 Å². The summed E-state index contributed by atoms with van der Waals surface area (Å²) in [5.74, 6) is 0.362. The van der Waals surface area contributed by atoms with Crippen molar-refractivity contribution in [3.05, 3.63) is 70.7 Å². The third-order valence-corrected chi connectivity index (χ3v) is 4.97. The molecule has 0 saturated heterocycles. The number of hydrogen-bond donors (Lipinski definition) is 1. The van der Waals surface area contributed by atoms with E-state index in [0.29, 0.717) is 17.4 Å². The normalized spacial score (nSPS) is 16.5. The Labute approximate surface area is 161 Å². The molecule has 1 N–H and O–H groups in total. The first kappa shape index (κ1) is 17.7. The maximum absolute atomic E-state index is 11.5. The van der Waals surface area contributed by atoms with Crippen LogP contribution in [0.5, 0.6) is 0 Å². The topological polar surface area (TPSA) is 89.2 Å². The average Bonchev–Trinajstić information content (AvgIpc) is 3.02. The van der Waals surface area contributed by atoms with Crippen LogP contribution < -0.4 is 4.72 Å². The predicted molar refractivity (Wildman–Crippen MR) is 105 cm³/mol. The maximum Gasteiger partial charge on any atom is 0.257 e. The van der Waals surface area contributed by atoms with Crippen LogP contribution in [0.25, 0.3) is 0 Å². The summed E-state index contributed by atoms with van der Waals surface area (Å²) in [5, 5.41) is 4.97. The summed E-state index contributed by atoms with van der Waals surface area (Å²) in [6.45, 7) is 0. The lowest BCUT2D eigenvalue weighted by Crippen LogP contribution is -2.21. The van der Waals surface area contributed by atoms with Crippen LogP contribution in [0, 0.1) is 0 Å². The van der Waals surface area contributed by atoms with Gasteiger partial charge in [-0.3, -0.25) is 4.72 Å². The van der Waals surface area contributed by atoms with Gasteiger partial charge in [-0.1, -0.05) is 54.1 Å². The Morgan fingerprint density at radius 3 is 2.48 bits per heavy atom. The Kier molecular flexibility index (Phi) is 4.45. The van der Waals surface area contributed by atoms with Crippen molar-refractivity contribution in [1.29, 1.82) is 0 Å². The van der Waals surface area contributed by atoms with Crippen molar-refractivity contribution >= 4 is 39.2 Å². The number of rotatable bonds is 4. The van der Waals surface area contributed by atoms with E-state index in [4.69, 9.17) is 11.6 Å². The molecule has 1 unspecified atom stereocenters. The zero-order chi connectivity index (χ0) is 19.0. The van der Waals surface area contributed by atoms with E-state index >= 15 is 0 Å². The van der Waals surface area contributed by atoms with Crippen LogP contribution in [-0.4, -0.2) is 35.1 Å². The molecule has 7 nitrogen and oxygen atoms in total. The van der Waals surface area contributed by atoms with E-state index in [-0.39, 0.29) is 12.0 Å². The summed E-state index contributed by atoms with van der Waals surface area (Å²) >= 11 is 5.99. The van der Waals surface area contributed by atoms with Crippen molar-refractivity contribution < 1.29 is 8.42 Å². The predicted octanol–water partition coefficient (Wildman–Crippen LogP) is 3.42. The molecule has 3 aromatic rings. The molecule has 0 bridgehead atoms. The number of fused-ring (bicyclic) bond motifs is 1. The molecular formula is C18H16ClN5O2S. The van der Waals surface area contributed by atoms with Crippen LogP contribution in [0.2, 0.25) is 5.02 Å². The lowest BCUT2D eigenvalue weighted by molar-refractivity contribution is 0.532. The summed E-state index contributed by atoms with van der Waals surface area (Å²) in [4.78, 5) is 8.85. The van der Waals surface area contributed by atoms with Crippen molar-refractivity contribution in [1.82, 2.24) is 14.8 Å². The van der Waals surface area contributed by atoms with E-state index in [1.54, 1.807) is 4.68 Å². The number of aliphatic imine (C=N–C) groups is 1. The fraction of sp³-hybridized carbons (Fsp3) is 0.167. The smallest absolute Gasteiger partial charge is 0.250 e. The Bertz CT molecular complexity index is 1110. The van der Waals surface area contributed by atoms with Crippen molar-refractivity contribution in [2.75, 3.05) is 11.0 Å². The molecule has 0 spiro atoms. The fourth-order valence-electron chi connectivity index (χ4n) is 3.00. The van der Waals surface area contributed by atoms with Gasteiger partial charge in [-0.05, 0) is 23.3 Å². The highest BCUT2D eigenvalue weighted by atomic mass is 35.5. The number of aromatic nitrogens is 3. The number of nitrogens with one attached hydrogen (secondary N) is 1. The summed E-state index contributed by atoms with van der Waals surface area (Å²) < 4.78 is 27.0. The van der Waals surface area contributed by atoms with Gasteiger partial charge in [0.1, 0.15) is 0 Å². The first-order valence-corrected chi connectivity index (χ1v) is 10.5.